The number of amides is 2. The summed E-state index contributed by atoms with van der Waals surface area (Å²) >= 11 is 0. The third-order valence-electron chi connectivity index (χ3n) is 6.96. The molecule has 0 aliphatic carbocycles. The first kappa shape index (κ1) is 27.7. The van der Waals surface area contributed by atoms with Crippen molar-refractivity contribution in [3.8, 4) is 0 Å². The highest BCUT2D eigenvalue weighted by molar-refractivity contribution is 6.08. The molecule has 2 saturated heterocycles. The Morgan fingerprint density at radius 3 is 2.70 bits per heavy atom. The number of hydrogen-bond acceptors (Lipinski definition) is 8. The molecule has 3 N–H and O–H groups in total. The van der Waals surface area contributed by atoms with Gasteiger partial charge in [-0.3, -0.25) is 9.48 Å². The fourth-order valence-electron chi connectivity index (χ4n) is 5.08. The molecule has 12 nitrogen and oxygen atoms in total. The van der Waals surface area contributed by atoms with Gasteiger partial charge in [0.05, 0.1) is 17.9 Å². The second kappa shape index (κ2) is 11.4. The molecular formula is C26H35F2N9O3. The van der Waals surface area contributed by atoms with E-state index in [0.717, 1.165) is 45.3 Å². The number of halogens is 2. The molecule has 0 spiro atoms. The van der Waals surface area contributed by atoms with Gasteiger partial charge in [0.15, 0.2) is 11.3 Å². The molecule has 1 unspecified atom stereocenters. The largest absolute Gasteiger partial charge is 0.444 e. The fourth-order valence-corrected chi connectivity index (χ4v) is 5.08. The van der Waals surface area contributed by atoms with E-state index in [1.807, 2.05) is 25.7 Å². The maximum absolute atomic E-state index is 13.8. The smallest absolute Gasteiger partial charge is 0.407 e. The summed E-state index contributed by atoms with van der Waals surface area (Å²) in [5, 5.41) is 17.1. The van der Waals surface area contributed by atoms with Crippen LogP contribution in [0.4, 0.5) is 25.1 Å². The molecule has 2 amide bonds. The van der Waals surface area contributed by atoms with E-state index >= 15 is 0 Å². The minimum Gasteiger partial charge on any atom is -0.444 e. The molecule has 216 valence electrons. The Hall–Kier alpha value is -3.81. The fraction of sp³-hybridized carbons (Fsp3) is 0.577. The van der Waals surface area contributed by atoms with Gasteiger partial charge in [-0.05, 0) is 65.6 Å². The number of carbonyl (C=O) groups excluding carboxylic acids is 2. The van der Waals surface area contributed by atoms with Crippen molar-refractivity contribution in [1.29, 1.82) is 0 Å². The lowest BCUT2D eigenvalue weighted by molar-refractivity contribution is 0.0499. The summed E-state index contributed by atoms with van der Waals surface area (Å²) in [5.74, 6) is 0.0132. The number of anilines is 2. The Morgan fingerprint density at radius 2 is 1.98 bits per heavy atom. The minimum atomic E-state index is -2.84. The second-order valence-corrected chi connectivity index (χ2v) is 11.2. The highest BCUT2D eigenvalue weighted by Crippen LogP contribution is 2.30. The monoisotopic (exact) mass is 559 g/mol. The number of hydrogen-bond donors (Lipinski definition) is 3. The molecule has 1 atom stereocenters. The first-order valence-electron chi connectivity index (χ1n) is 13.6. The lowest BCUT2D eigenvalue weighted by atomic mass is 10.1. The molecule has 0 radical (unpaired) electrons. The highest BCUT2D eigenvalue weighted by Gasteiger charge is 2.27. The van der Waals surface area contributed by atoms with Gasteiger partial charge in [0.2, 0.25) is 0 Å². The van der Waals surface area contributed by atoms with Crippen molar-refractivity contribution in [2.45, 2.75) is 70.6 Å². The van der Waals surface area contributed by atoms with Crippen molar-refractivity contribution in [1.82, 2.24) is 35.0 Å². The zero-order chi connectivity index (χ0) is 28.4. The SMILES string of the molecule is CC(C)(C)OC(=O)NC1CCCN(c2ccn3ncc(C(=O)Nc4cn(C5CCNCC5)nc4C(F)F)c3n2)C1. The first-order valence-corrected chi connectivity index (χ1v) is 13.6. The lowest BCUT2D eigenvalue weighted by Gasteiger charge is -2.34. The van der Waals surface area contributed by atoms with E-state index in [9.17, 15) is 18.4 Å². The van der Waals surface area contributed by atoms with Gasteiger partial charge in [-0.2, -0.15) is 10.2 Å². The van der Waals surface area contributed by atoms with Gasteiger partial charge in [-0.1, -0.05) is 0 Å². The van der Waals surface area contributed by atoms with Crippen molar-refractivity contribution >= 4 is 29.2 Å². The van der Waals surface area contributed by atoms with E-state index in [4.69, 9.17) is 4.74 Å². The van der Waals surface area contributed by atoms with E-state index in [1.165, 1.54) is 21.6 Å². The van der Waals surface area contributed by atoms with E-state index in [2.05, 4.69) is 31.1 Å². The van der Waals surface area contributed by atoms with E-state index in [1.54, 1.807) is 12.3 Å². The summed E-state index contributed by atoms with van der Waals surface area (Å²) in [4.78, 5) is 32.2. The molecule has 0 aromatic carbocycles. The topological polar surface area (TPSA) is 131 Å². The minimum absolute atomic E-state index is 0.0104. The second-order valence-electron chi connectivity index (χ2n) is 11.2. The van der Waals surface area contributed by atoms with Gasteiger partial charge in [0, 0.05) is 31.5 Å². The number of nitrogens with zero attached hydrogens (tertiary/aromatic N) is 6. The average Bonchev–Trinajstić information content (AvgIpc) is 3.52. The van der Waals surface area contributed by atoms with Crippen LogP contribution < -0.4 is 20.9 Å². The predicted molar refractivity (Wildman–Crippen MR) is 144 cm³/mol. The Morgan fingerprint density at radius 1 is 1.20 bits per heavy atom. The van der Waals surface area contributed by atoms with Crippen LogP contribution in [0.5, 0.6) is 0 Å². The zero-order valence-corrected chi connectivity index (χ0v) is 22.9. The Kier molecular flexibility index (Phi) is 7.88. The van der Waals surface area contributed by atoms with Crippen LogP contribution in [0.2, 0.25) is 0 Å². The number of aromatic nitrogens is 5. The normalized spacial score (nSPS) is 18.8. The predicted octanol–water partition coefficient (Wildman–Crippen LogP) is 3.53. The molecule has 40 heavy (non-hydrogen) atoms. The van der Waals surface area contributed by atoms with Crippen LogP contribution in [0, 0.1) is 0 Å². The number of rotatable bonds is 6. The number of carbonyl (C=O) groups is 2. The summed E-state index contributed by atoms with van der Waals surface area (Å²) in [6.07, 6.45) is 4.39. The standard InChI is InChI=1S/C26H35F2N9O3/c1-26(2,3)40-25(39)31-16-5-4-11-35(14-16)20-8-12-36-23(33-20)18(13-30-36)24(38)32-19-15-37(34-21(19)22(27)28)17-6-9-29-10-7-17/h8,12-13,15-17,22,29H,4-7,9-11,14H2,1-3H3,(H,31,39)(H,32,38). The highest BCUT2D eigenvalue weighted by atomic mass is 19.3. The number of alkyl carbamates (subject to hydrolysis) is 1. The van der Waals surface area contributed by atoms with Crippen molar-refractivity contribution in [3.05, 3.63) is 35.9 Å². The number of nitrogens with one attached hydrogen (secondary N) is 3. The van der Waals surface area contributed by atoms with Crippen LogP contribution in [-0.2, 0) is 4.74 Å². The van der Waals surface area contributed by atoms with Crippen LogP contribution in [0.15, 0.2) is 24.7 Å². The molecule has 2 aliphatic rings. The summed E-state index contributed by atoms with van der Waals surface area (Å²) in [6, 6.07) is 1.65. The molecule has 3 aromatic heterocycles. The van der Waals surface area contributed by atoms with E-state index in [0.29, 0.717) is 18.0 Å². The number of piperidine rings is 2. The molecule has 2 fully saturated rings. The van der Waals surface area contributed by atoms with Crippen LogP contribution in [-0.4, -0.2) is 74.2 Å². The van der Waals surface area contributed by atoms with Crippen molar-refractivity contribution < 1.29 is 23.1 Å². The Labute approximate surface area is 230 Å². The summed E-state index contributed by atoms with van der Waals surface area (Å²) in [6.45, 7) is 8.24. The van der Waals surface area contributed by atoms with Crippen molar-refractivity contribution in [2.75, 3.05) is 36.4 Å². The zero-order valence-electron chi connectivity index (χ0n) is 22.9. The molecular weight excluding hydrogens is 524 g/mol. The third kappa shape index (κ3) is 6.32. The summed E-state index contributed by atoms with van der Waals surface area (Å²) in [5.41, 5.74) is -0.639. The molecule has 0 saturated carbocycles. The third-order valence-corrected chi connectivity index (χ3v) is 6.96. The molecule has 3 aromatic rings. The molecule has 14 heteroatoms. The van der Waals surface area contributed by atoms with Crippen LogP contribution >= 0.6 is 0 Å². The van der Waals surface area contributed by atoms with Crippen LogP contribution in [0.3, 0.4) is 0 Å². The van der Waals surface area contributed by atoms with Gasteiger partial charge in [0.1, 0.15) is 17.0 Å². The van der Waals surface area contributed by atoms with Gasteiger partial charge >= 0.3 is 6.09 Å². The number of ether oxygens (including phenoxy) is 1. The summed E-state index contributed by atoms with van der Waals surface area (Å²) in [7, 11) is 0. The maximum atomic E-state index is 13.8. The van der Waals surface area contributed by atoms with E-state index < -0.39 is 29.7 Å². The maximum Gasteiger partial charge on any atom is 0.407 e. The molecule has 5 heterocycles. The van der Waals surface area contributed by atoms with Gasteiger partial charge in [0.25, 0.3) is 12.3 Å². The van der Waals surface area contributed by atoms with Crippen LogP contribution in [0.1, 0.15) is 75.0 Å². The quantitative estimate of drug-likeness (QED) is 0.418. The van der Waals surface area contributed by atoms with Crippen LogP contribution in [0.25, 0.3) is 5.65 Å². The summed E-state index contributed by atoms with van der Waals surface area (Å²) < 4.78 is 36.0. The Balaban J connectivity index is 1.32. The van der Waals surface area contributed by atoms with E-state index in [-0.39, 0.29) is 23.3 Å². The Bertz CT molecular complexity index is 1360. The lowest BCUT2D eigenvalue weighted by Crippen LogP contribution is -2.49. The van der Waals surface area contributed by atoms with Crippen molar-refractivity contribution in [3.63, 3.8) is 0 Å². The molecule has 2 aliphatic heterocycles. The molecule has 0 bridgehead atoms. The molecule has 5 rings (SSSR count). The number of alkyl halides is 2. The van der Waals surface area contributed by atoms with Gasteiger partial charge < -0.3 is 25.6 Å². The first-order chi connectivity index (χ1) is 19.1. The average molecular weight is 560 g/mol. The van der Waals surface area contributed by atoms with Gasteiger partial charge in [-0.15, -0.1) is 0 Å². The number of fused-ring (bicyclic) bond motifs is 1. The van der Waals surface area contributed by atoms with Crippen molar-refractivity contribution in [2.24, 2.45) is 0 Å². The van der Waals surface area contributed by atoms with Gasteiger partial charge in [-0.25, -0.2) is 23.1 Å².